The average Bonchev–Trinajstić information content (AvgIpc) is 2.69. The molecule has 0 saturated carbocycles. The van der Waals surface area contributed by atoms with Crippen LogP contribution in [0.3, 0.4) is 0 Å². The molecule has 1 aromatic heterocycles. The van der Waals surface area contributed by atoms with Gasteiger partial charge in [-0.05, 0) is 12.1 Å². The number of benzene rings is 1. The van der Waals surface area contributed by atoms with Crippen LogP contribution in [0.4, 0.5) is 0 Å². The summed E-state index contributed by atoms with van der Waals surface area (Å²) in [5.74, 6) is -1.00. The van der Waals surface area contributed by atoms with Crippen LogP contribution < -0.4 is 0 Å². The molecule has 2 heterocycles. The van der Waals surface area contributed by atoms with Crippen molar-refractivity contribution in [2.75, 3.05) is 0 Å². The van der Waals surface area contributed by atoms with Crippen molar-refractivity contribution >= 4 is 22.8 Å². The van der Waals surface area contributed by atoms with E-state index in [4.69, 9.17) is 0 Å². The van der Waals surface area contributed by atoms with E-state index in [1.165, 1.54) is 6.33 Å². The minimum Gasteiger partial charge on any atom is -0.345 e. The van der Waals surface area contributed by atoms with Crippen molar-refractivity contribution in [1.29, 1.82) is 0 Å². The lowest BCUT2D eigenvalue weighted by Crippen LogP contribution is -2.10. The van der Waals surface area contributed by atoms with Crippen LogP contribution >= 0.6 is 0 Å². The number of amides is 2. The molecule has 1 N–H and O–H groups in total. The number of carbonyl (C=O) groups is 2. The van der Waals surface area contributed by atoms with E-state index >= 15 is 0 Å². The van der Waals surface area contributed by atoms with E-state index in [1.807, 2.05) is 0 Å². The Balaban J connectivity index is 2.41. The van der Waals surface area contributed by atoms with Crippen LogP contribution in [-0.4, -0.2) is 21.8 Å². The van der Waals surface area contributed by atoms with Crippen LogP contribution in [0, 0.1) is 0 Å². The van der Waals surface area contributed by atoms with Gasteiger partial charge in [0.05, 0.1) is 28.5 Å². The van der Waals surface area contributed by atoms with E-state index < -0.39 is 11.8 Å². The number of nitrogens with zero attached hydrogens (tertiary/aromatic N) is 3. The van der Waals surface area contributed by atoms with E-state index in [0.29, 0.717) is 11.0 Å². The Morgan fingerprint density at radius 1 is 1.00 bits per heavy atom. The van der Waals surface area contributed by atoms with Gasteiger partial charge < -0.3 is 4.98 Å². The maximum absolute atomic E-state index is 11.3. The number of aromatic amines is 1. The fourth-order valence-corrected chi connectivity index (χ4v) is 1.53. The standard InChI is InChI=1S/C9H4N4O2/c14-8-4-1-6-7(11-3-10-6)2-5(4)9(15)13-12-8/h1-3H,(H,10,11). The van der Waals surface area contributed by atoms with Crippen molar-refractivity contribution in [3.8, 4) is 0 Å². The Hall–Kier alpha value is -2.37. The Bertz CT molecular complexity index is 574. The van der Waals surface area contributed by atoms with Gasteiger partial charge in [0.25, 0.3) is 11.8 Å². The molecule has 6 heteroatoms. The highest BCUT2D eigenvalue weighted by molar-refractivity contribution is 6.13. The highest BCUT2D eigenvalue weighted by Crippen LogP contribution is 2.22. The molecule has 3 rings (SSSR count). The highest BCUT2D eigenvalue weighted by Gasteiger charge is 2.22. The third-order valence-corrected chi connectivity index (χ3v) is 2.25. The molecule has 1 aromatic carbocycles. The Labute approximate surface area is 83.0 Å². The molecule has 1 aliphatic rings. The third-order valence-electron chi connectivity index (χ3n) is 2.25. The lowest BCUT2D eigenvalue weighted by molar-refractivity contribution is 0.0921. The second kappa shape index (κ2) is 2.57. The minimum atomic E-state index is -0.505. The predicted octanol–water partition coefficient (Wildman–Crippen LogP) is 1.31. The number of imidazole rings is 1. The number of H-pyrrole nitrogens is 1. The Morgan fingerprint density at radius 3 is 2.40 bits per heavy atom. The summed E-state index contributed by atoms with van der Waals surface area (Å²) in [5, 5.41) is 6.49. The molecule has 0 fully saturated rings. The van der Waals surface area contributed by atoms with Crippen molar-refractivity contribution in [2.24, 2.45) is 10.2 Å². The van der Waals surface area contributed by atoms with Gasteiger partial charge in [-0.2, -0.15) is 0 Å². The van der Waals surface area contributed by atoms with Gasteiger partial charge in [-0.1, -0.05) is 0 Å². The molecule has 0 saturated heterocycles. The van der Waals surface area contributed by atoms with Crippen molar-refractivity contribution < 1.29 is 9.59 Å². The summed E-state index contributed by atoms with van der Waals surface area (Å²) in [6, 6.07) is 3.11. The summed E-state index contributed by atoms with van der Waals surface area (Å²) < 4.78 is 0. The molecular formula is C9H4N4O2. The second-order valence-electron chi connectivity index (χ2n) is 3.13. The predicted molar refractivity (Wildman–Crippen MR) is 49.6 cm³/mol. The molecule has 0 aliphatic carbocycles. The first-order valence-corrected chi connectivity index (χ1v) is 4.23. The summed E-state index contributed by atoms with van der Waals surface area (Å²) in [5.41, 5.74) is 1.86. The first-order valence-electron chi connectivity index (χ1n) is 4.23. The number of rotatable bonds is 0. The topological polar surface area (TPSA) is 87.5 Å². The summed E-state index contributed by atoms with van der Waals surface area (Å²) >= 11 is 0. The molecule has 0 bridgehead atoms. The van der Waals surface area contributed by atoms with Crippen LogP contribution in [0.5, 0.6) is 0 Å². The molecule has 0 spiro atoms. The van der Waals surface area contributed by atoms with Crippen molar-refractivity contribution in [2.45, 2.75) is 0 Å². The molecule has 0 atom stereocenters. The quantitative estimate of drug-likeness (QED) is 0.695. The molecule has 72 valence electrons. The monoisotopic (exact) mass is 200 g/mol. The SMILES string of the molecule is O=C1N=NC(=O)c2cc3[nH]cnc3cc21. The molecule has 1 aliphatic heterocycles. The molecule has 6 nitrogen and oxygen atoms in total. The third kappa shape index (κ3) is 1.01. The number of nitrogens with one attached hydrogen (secondary N) is 1. The van der Waals surface area contributed by atoms with Crippen molar-refractivity contribution in [3.05, 3.63) is 29.6 Å². The number of aromatic nitrogens is 2. The first-order chi connectivity index (χ1) is 7.25. The normalized spacial score (nSPS) is 14.7. The summed E-state index contributed by atoms with van der Waals surface area (Å²) in [6.07, 6.45) is 1.50. The summed E-state index contributed by atoms with van der Waals surface area (Å²) in [7, 11) is 0. The van der Waals surface area contributed by atoms with Gasteiger partial charge in [-0.3, -0.25) is 9.59 Å². The van der Waals surface area contributed by atoms with Crippen LogP contribution in [0.1, 0.15) is 20.7 Å². The van der Waals surface area contributed by atoms with Gasteiger partial charge in [-0.25, -0.2) is 4.98 Å². The fraction of sp³-hybridized carbons (Fsp3) is 0. The minimum absolute atomic E-state index is 0.259. The van der Waals surface area contributed by atoms with Crippen molar-refractivity contribution in [1.82, 2.24) is 9.97 Å². The van der Waals surface area contributed by atoms with E-state index in [9.17, 15) is 9.59 Å². The zero-order chi connectivity index (χ0) is 10.4. The molecule has 2 aromatic rings. The van der Waals surface area contributed by atoms with Gasteiger partial charge in [0.2, 0.25) is 0 Å². The van der Waals surface area contributed by atoms with Gasteiger partial charge in [0.1, 0.15) is 0 Å². The van der Waals surface area contributed by atoms with Crippen LogP contribution in [0.15, 0.2) is 28.7 Å². The molecule has 15 heavy (non-hydrogen) atoms. The lowest BCUT2D eigenvalue weighted by atomic mass is 10.0. The van der Waals surface area contributed by atoms with Gasteiger partial charge in [-0.15, -0.1) is 10.2 Å². The molecule has 0 radical (unpaired) electrons. The highest BCUT2D eigenvalue weighted by atomic mass is 16.2. The number of azo groups is 1. The number of hydrogen-bond donors (Lipinski definition) is 1. The van der Waals surface area contributed by atoms with Crippen LogP contribution in [0.2, 0.25) is 0 Å². The maximum atomic E-state index is 11.3. The number of carbonyl (C=O) groups excluding carboxylic acids is 2. The smallest absolute Gasteiger partial charge is 0.296 e. The zero-order valence-corrected chi connectivity index (χ0v) is 7.39. The first kappa shape index (κ1) is 7.98. The van der Waals surface area contributed by atoms with E-state index in [0.717, 1.165) is 0 Å². The van der Waals surface area contributed by atoms with E-state index in [1.54, 1.807) is 12.1 Å². The zero-order valence-electron chi connectivity index (χ0n) is 7.39. The van der Waals surface area contributed by atoms with Crippen LogP contribution in [0.25, 0.3) is 11.0 Å². The summed E-state index contributed by atoms with van der Waals surface area (Å²) in [4.78, 5) is 29.5. The van der Waals surface area contributed by atoms with Crippen molar-refractivity contribution in [3.63, 3.8) is 0 Å². The fourth-order valence-electron chi connectivity index (χ4n) is 1.53. The Kier molecular flexibility index (Phi) is 1.37. The van der Waals surface area contributed by atoms with E-state index in [2.05, 4.69) is 20.2 Å². The van der Waals surface area contributed by atoms with E-state index in [-0.39, 0.29) is 11.1 Å². The second-order valence-corrected chi connectivity index (χ2v) is 3.13. The number of hydrogen-bond acceptors (Lipinski definition) is 3. The largest absolute Gasteiger partial charge is 0.345 e. The number of fused-ring (bicyclic) bond motifs is 2. The summed E-state index contributed by atoms with van der Waals surface area (Å²) in [6.45, 7) is 0. The Morgan fingerprint density at radius 2 is 1.67 bits per heavy atom. The molecule has 2 amide bonds. The van der Waals surface area contributed by atoms with Crippen LogP contribution in [-0.2, 0) is 0 Å². The van der Waals surface area contributed by atoms with Gasteiger partial charge in [0.15, 0.2) is 0 Å². The molecule has 0 unspecified atom stereocenters. The average molecular weight is 200 g/mol. The van der Waals surface area contributed by atoms with Gasteiger partial charge >= 0.3 is 0 Å². The lowest BCUT2D eigenvalue weighted by Gasteiger charge is -2.05. The maximum Gasteiger partial charge on any atom is 0.296 e. The molecular weight excluding hydrogens is 196 g/mol. The van der Waals surface area contributed by atoms with Gasteiger partial charge in [0, 0.05) is 0 Å².